The fourth-order valence-electron chi connectivity index (χ4n) is 1.51. The van der Waals surface area contributed by atoms with Crippen LogP contribution in [0.1, 0.15) is 25.5 Å². The zero-order valence-corrected chi connectivity index (χ0v) is 10.2. The first-order valence-electron chi connectivity index (χ1n) is 4.99. The summed E-state index contributed by atoms with van der Waals surface area (Å²) >= 11 is 6.88. The third kappa shape index (κ3) is 1.70. The molecule has 0 bridgehead atoms. The van der Waals surface area contributed by atoms with E-state index in [1.165, 1.54) is 12.8 Å². The fraction of sp³-hybridized carbons (Fsp3) is 0.400. The Balaban J connectivity index is 1.93. The molecule has 0 saturated heterocycles. The minimum Gasteiger partial charge on any atom is -0.257 e. The van der Waals surface area contributed by atoms with Crippen molar-refractivity contribution in [1.82, 2.24) is 19.3 Å². The van der Waals surface area contributed by atoms with Crippen LogP contribution in [0.4, 0.5) is 0 Å². The average molecular weight is 253 g/mol. The maximum absolute atomic E-state index is 5.72. The zero-order chi connectivity index (χ0) is 11.2. The molecule has 0 radical (unpaired) electrons. The normalized spacial score (nSPS) is 17.4. The van der Waals surface area contributed by atoms with E-state index in [1.54, 1.807) is 6.20 Å². The molecule has 6 heteroatoms. The van der Waals surface area contributed by atoms with Gasteiger partial charge in [-0.05, 0) is 36.0 Å². The molecule has 4 nitrogen and oxygen atoms in total. The predicted molar refractivity (Wildman–Crippen MR) is 62.5 cm³/mol. The van der Waals surface area contributed by atoms with Crippen molar-refractivity contribution >= 4 is 23.1 Å². The molecule has 16 heavy (non-hydrogen) atoms. The first kappa shape index (κ1) is 10.1. The van der Waals surface area contributed by atoms with Crippen LogP contribution in [0.5, 0.6) is 0 Å². The van der Waals surface area contributed by atoms with E-state index in [2.05, 4.69) is 26.2 Å². The van der Waals surface area contributed by atoms with Gasteiger partial charge in [0.05, 0.1) is 11.9 Å². The van der Waals surface area contributed by atoms with E-state index >= 15 is 0 Å². The highest BCUT2D eigenvalue weighted by Gasteiger charge is 2.40. The highest BCUT2D eigenvalue weighted by Crippen LogP contribution is 2.46. The van der Waals surface area contributed by atoms with E-state index in [9.17, 15) is 0 Å². The van der Waals surface area contributed by atoms with E-state index in [0.717, 1.165) is 17.2 Å². The number of rotatable bonds is 2. The van der Waals surface area contributed by atoms with Crippen LogP contribution in [0, 0.1) is 0 Å². The molecule has 1 saturated carbocycles. The van der Waals surface area contributed by atoms with Gasteiger partial charge in [-0.2, -0.15) is 4.37 Å². The van der Waals surface area contributed by atoms with Crippen molar-refractivity contribution < 1.29 is 0 Å². The summed E-state index contributed by atoms with van der Waals surface area (Å²) in [5, 5.41) is 0. The Morgan fingerprint density at radius 2 is 2.12 bits per heavy atom. The Labute approximate surface area is 102 Å². The van der Waals surface area contributed by atoms with E-state index < -0.39 is 0 Å². The minimum atomic E-state index is 0.249. The summed E-state index contributed by atoms with van der Waals surface area (Å²) in [7, 11) is 0. The van der Waals surface area contributed by atoms with Crippen LogP contribution in [0.2, 0.25) is 4.47 Å². The molecule has 3 rings (SSSR count). The van der Waals surface area contributed by atoms with Crippen LogP contribution in [0.3, 0.4) is 0 Å². The van der Waals surface area contributed by atoms with Crippen molar-refractivity contribution in [3.05, 3.63) is 22.6 Å². The molecule has 0 N–H and O–H groups in total. The fourth-order valence-corrected chi connectivity index (χ4v) is 2.11. The van der Waals surface area contributed by atoms with Crippen molar-refractivity contribution in [2.75, 3.05) is 0 Å². The predicted octanol–water partition coefficient (Wildman–Crippen LogP) is 2.70. The molecule has 0 aromatic carbocycles. The number of hydrogen-bond donors (Lipinski definition) is 0. The molecule has 2 aromatic rings. The van der Waals surface area contributed by atoms with Gasteiger partial charge in [0, 0.05) is 11.6 Å². The zero-order valence-electron chi connectivity index (χ0n) is 8.64. The Kier molecular flexibility index (Phi) is 2.19. The maximum atomic E-state index is 5.72. The highest BCUT2D eigenvalue weighted by molar-refractivity contribution is 7.10. The lowest BCUT2D eigenvalue weighted by Crippen LogP contribution is -2.04. The number of aromatic nitrogens is 4. The lowest BCUT2D eigenvalue weighted by atomic mass is 10.1. The summed E-state index contributed by atoms with van der Waals surface area (Å²) in [5.41, 5.74) is 1.98. The molecule has 0 atom stereocenters. The van der Waals surface area contributed by atoms with Crippen LogP contribution in [0.15, 0.2) is 12.4 Å². The molecule has 0 spiro atoms. The molecular weight excluding hydrogens is 244 g/mol. The minimum absolute atomic E-state index is 0.249. The maximum Gasteiger partial charge on any atom is 0.203 e. The van der Waals surface area contributed by atoms with Gasteiger partial charge in [-0.1, -0.05) is 6.92 Å². The van der Waals surface area contributed by atoms with Gasteiger partial charge in [0.2, 0.25) is 4.47 Å². The Morgan fingerprint density at radius 3 is 2.62 bits per heavy atom. The first-order chi connectivity index (χ1) is 7.67. The first-order valence-corrected chi connectivity index (χ1v) is 6.15. The van der Waals surface area contributed by atoms with Gasteiger partial charge in [0.1, 0.15) is 5.69 Å². The summed E-state index contributed by atoms with van der Waals surface area (Å²) in [4.78, 5) is 12.8. The van der Waals surface area contributed by atoms with Crippen molar-refractivity contribution in [1.29, 1.82) is 0 Å². The summed E-state index contributed by atoms with van der Waals surface area (Å²) < 4.78 is 4.52. The van der Waals surface area contributed by atoms with Crippen molar-refractivity contribution in [3.8, 4) is 11.5 Å². The molecule has 1 aliphatic rings. The van der Waals surface area contributed by atoms with Crippen molar-refractivity contribution in [2.24, 2.45) is 0 Å². The Morgan fingerprint density at radius 1 is 1.31 bits per heavy atom. The van der Waals surface area contributed by atoms with Crippen LogP contribution < -0.4 is 0 Å². The molecular formula is C10H9ClN4S. The summed E-state index contributed by atoms with van der Waals surface area (Å²) in [5.74, 6) is 0.551. The van der Waals surface area contributed by atoms with E-state index in [-0.39, 0.29) is 5.41 Å². The van der Waals surface area contributed by atoms with Crippen LogP contribution in [-0.4, -0.2) is 19.3 Å². The van der Waals surface area contributed by atoms with Gasteiger partial charge in [-0.3, -0.25) is 4.98 Å². The quantitative estimate of drug-likeness (QED) is 0.825. The third-order valence-corrected chi connectivity index (χ3v) is 3.70. The van der Waals surface area contributed by atoms with Gasteiger partial charge in [0.15, 0.2) is 5.82 Å². The molecule has 2 aromatic heterocycles. The van der Waals surface area contributed by atoms with Gasteiger partial charge >= 0.3 is 0 Å². The lowest BCUT2D eigenvalue weighted by Gasteiger charge is -2.06. The van der Waals surface area contributed by atoms with Gasteiger partial charge < -0.3 is 0 Å². The summed E-state index contributed by atoms with van der Waals surface area (Å²) in [6.07, 6.45) is 5.93. The monoisotopic (exact) mass is 252 g/mol. The number of hydrogen-bond acceptors (Lipinski definition) is 5. The van der Waals surface area contributed by atoms with Crippen LogP contribution >= 0.6 is 23.1 Å². The number of halogens is 1. The standard InChI is InChI=1S/C10H9ClN4S/c1-10(2-3-10)7-5-12-6(4-13-7)8-14-9(11)16-15-8/h4-5H,2-3H2,1H3. The van der Waals surface area contributed by atoms with Gasteiger partial charge in [0.25, 0.3) is 0 Å². The molecule has 0 amide bonds. The average Bonchev–Trinajstić information content (AvgIpc) is 2.89. The highest BCUT2D eigenvalue weighted by atomic mass is 35.5. The number of nitrogens with zero attached hydrogens (tertiary/aromatic N) is 4. The SMILES string of the molecule is CC1(c2cnc(-c3nsc(Cl)n3)cn2)CC1. The second-order valence-electron chi connectivity index (χ2n) is 4.22. The Hall–Kier alpha value is -1.07. The van der Waals surface area contributed by atoms with E-state index in [1.807, 2.05) is 6.20 Å². The molecule has 2 heterocycles. The van der Waals surface area contributed by atoms with E-state index in [0.29, 0.717) is 16.0 Å². The molecule has 0 unspecified atom stereocenters. The molecule has 1 aliphatic carbocycles. The Bertz CT molecular complexity index is 518. The lowest BCUT2D eigenvalue weighted by molar-refractivity contribution is 0.742. The van der Waals surface area contributed by atoms with E-state index in [4.69, 9.17) is 11.6 Å². The van der Waals surface area contributed by atoms with Crippen LogP contribution in [-0.2, 0) is 5.41 Å². The summed E-state index contributed by atoms with van der Waals surface area (Å²) in [6.45, 7) is 2.20. The van der Waals surface area contributed by atoms with Gasteiger partial charge in [-0.15, -0.1) is 0 Å². The second-order valence-corrected chi connectivity index (χ2v) is 5.55. The van der Waals surface area contributed by atoms with Crippen LogP contribution in [0.25, 0.3) is 11.5 Å². The third-order valence-electron chi connectivity index (χ3n) is 2.90. The van der Waals surface area contributed by atoms with Crippen molar-refractivity contribution in [3.63, 3.8) is 0 Å². The largest absolute Gasteiger partial charge is 0.257 e. The summed E-state index contributed by atoms with van der Waals surface area (Å²) in [6, 6.07) is 0. The molecule has 0 aliphatic heterocycles. The second kappa shape index (κ2) is 3.46. The van der Waals surface area contributed by atoms with Crippen molar-refractivity contribution in [2.45, 2.75) is 25.2 Å². The topological polar surface area (TPSA) is 51.6 Å². The molecule has 1 fully saturated rings. The van der Waals surface area contributed by atoms with Gasteiger partial charge in [-0.25, -0.2) is 9.97 Å². The smallest absolute Gasteiger partial charge is 0.203 e. The molecule has 82 valence electrons.